The van der Waals surface area contributed by atoms with Crippen LogP contribution in [0.25, 0.3) is 16.5 Å². The number of aliphatic hydroxyl groups excluding tert-OH is 1. The van der Waals surface area contributed by atoms with Crippen molar-refractivity contribution in [2.24, 2.45) is 0 Å². The maximum atomic E-state index is 12.7. The highest BCUT2D eigenvalue weighted by atomic mass is 16.3. The van der Waals surface area contributed by atoms with Crippen LogP contribution in [-0.4, -0.2) is 63.4 Å². The lowest BCUT2D eigenvalue weighted by Gasteiger charge is -2.36. The van der Waals surface area contributed by atoms with E-state index in [-0.39, 0.29) is 12.1 Å². The molecule has 7 heteroatoms. The van der Waals surface area contributed by atoms with Gasteiger partial charge in [-0.3, -0.25) is 5.10 Å². The van der Waals surface area contributed by atoms with E-state index >= 15 is 0 Å². The number of benzene rings is 1. The van der Waals surface area contributed by atoms with Crippen LogP contribution >= 0.6 is 0 Å². The van der Waals surface area contributed by atoms with Gasteiger partial charge in [0.15, 0.2) is 0 Å². The van der Waals surface area contributed by atoms with Gasteiger partial charge in [-0.15, -0.1) is 0 Å². The SMILES string of the molecule is N#CC(=C1CCN(C(=O)N2CCC(O)CC2)CC1)c1n[nH]c2ccccc12. The number of carbonyl (C=O) groups excluding carboxylic acids is 1. The van der Waals surface area contributed by atoms with E-state index in [2.05, 4.69) is 16.3 Å². The van der Waals surface area contributed by atoms with E-state index in [1.807, 2.05) is 34.1 Å². The van der Waals surface area contributed by atoms with E-state index in [1.54, 1.807) is 0 Å². The molecule has 0 spiro atoms. The minimum Gasteiger partial charge on any atom is -0.393 e. The van der Waals surface area contributed by atoms with Crippen LogP contribution in [0.1, 0.15) is 31.4 Å². The summed E-state index contributed by atoms with van der Waals surface area (Å²) in [4.78, 5) is 16.4. The number of hydrogen-bond acceptors (Lipinski definition) is 4. The molecule has 7 nitrogen and oxygen atoms in total. The summed E-state index contributed by atoms with van der Waals surface area (Å²) in [5, 5.41) is 27.6. The number of aliphatic hydroxyl groups is 1. The maximum absolute atomic E-state index is 12.7. The molecule has 0 aliphatic carbocycles. The smallest absolute Gasteiger partial charge is 0.320 e. The van der Waals surface area contributed by atoms with Crippen molar-refractivity contribution in [3.63, 3.8) is 0 Å². The highest BCUT2D eigenvalue weighted by molar-refractivity contribution is 5.94. The Kier molecular flexibility index (Phi) is 4.82. The van der Waals surface area contributed by atoms with Gasteiger partial charge >= 0.3 is 6.03 Å². The number of para-hydroxylation sites is 1. The number of carbonyl (C=O) groups is 1. The van der Waals surface area contributed by atoms with Crippen molar-refractivity contribution < 1.29 is 9.90 Å². The zero-order chi connectivity index (χ0) is 18.8. The average molecular weight is 365 g/mol. The van der Waals surface area contributed by atoms with E-state index < -0.39 is 0 Å². The Balaban J connectivity index is 1.49. The first kappa shape index (κ1) is 17.6. The Hall–Kier alpha value is -2.85. The number of urea groups is 1. The fourth-order valence-electron chi connectivity index (χ4n) is 3.93. The van der Waals surface area contributed by atoms with Crippen LogP contribution in [0.2, 0.25) is 0 Å². The molecule has 1 aromatic carbocycles. The van der Waals surface area contributed by atoms with Crippen molar-refractivity contribution in [2.45, 2.75) is 31.8 Å². The number of aromatic amines is 1. The van der Waals surface area contributed by atoms with E-state index in [0.29, 0.717) is 63.1 Å². The molecule has 0 bridgehead atoms. The normalized spacial score (nSPS) is 18.6. The highest BCUT2D eigenvalue weighted by Crippen LogP contribution is 2.30. The lowest BCUT2D eigenvalue weighted by Crippen LogP contribution is -2.49. The molecular weight excluding hydrogens is 342 g/mol. The summed E-state index contributed by atoms with van der Waals surface area (Å²) in [5.41, 5.74) is 3.31. The molecule has 0 saturated carbocycles. The average Bonchev–Trinajstić information content (AvgIpc) is 3.13. The van der Waals surface area contributed by atoms with Gasteiger partial charge in [-0.05, 0) is 37.3 Å². The van der Waals surface area contributed by atoms with Gasteiger partial charge < -0.3 is 14.9 Å². The van der Waals surface area contributed by atoms with E-state index in [4.69, 9.17) is 0 Å². The number of nitrogens with one attached hydrogen (secondary N) is 1. The first-order chi connectivity index (χ1) is 13.2. The zero-order valence-corrected chi connectivity index (χ0v) is 15.2. The number of nitrogens with zero attached hydrogens (tertiary/aromatic N) is 4. The molecule has 3 heterocycles. The molecule has 2 saturated heterocycles. The number of nitriles is 1. The maximum Gasteiger partial charge on any atom is 0.320 e. The summed E-state index contributed by atoms with van der Waals surface area (Å²) < 4.78 is 0. The minimum atomic E-state index is -0.285. The Labute approximate surface area is 157 Å². The number of piperidine rings is 2. The second-order valence-electron chi connectivity index (χ2n) is 7.20. The number of amides is 2. The third kappa shape index (κ3) is 3.40. The topological polar surface area (TPSA) is 96.2 Å². The van der Waals surface area contributed by atoms with Gasteiger partial charge in [0.25, 0.3) is 0 Å². The molecule has 140 valence electrons. The highest BCUT2D eigenvalue weighted by Gasteiger charge is 2.28. The van der Waals surface area contributed by atoms with E-state index in [1.165, 1.54) is 0 Å². The summed E-state index contributed by atoms with van der Waals surface area (Å²) in [5.74, 6) is 0. The molecule has 0 unspecified atom stereocenters. The van der Waals surface area contributed by atoms with Crippen molar-refractivity contribution in [1.82, 2.24) is 20.0 Å². The summed E-state index contributed by atoms with van der Waals surface area (Å²) in [6, 6.07) is 10.2. The molecule has 2 aliphatic heterocycles. The van der Waals surface area contributed by atoms with Gasteiger partial charge in [0.1, 0.15) is 11.8 Å². The van der Waals surface area contributed by atoms with Crippen LogP contribution in [0.4, 0.5) is 4.79 Å². The second kappa shape index (κ2) is 7.41. The molecule has 4 rings (SSSR count). The third-order valence-electron chi connectivity index (χ3n) is 5.55. The fourth-order valence-corrected chi connectivity index (χ4v) is 3.93. The number of likely N-dealkylation sites (tertiary alicyclic amines) is 2. The minimum absolute atomic E-state index is 0.0460. The van der Waals surface area contributed by atoms with E-state index in [0.717, 1.165) is 16.5 Å². The second-order valence-corrected chi connectivity index (χ2v) is 7.20. The predicted octanol–water partition coefficient (Wildman–Crippen LogP) is 2.51. The Morgan fingerprint density at radius 2 is 1.81 bits per heavy atom. The van der Waals surface area contributed by atoms with Crippen molar-refractivity contribution in [3.8, 4) is 6.07 Å². The van der Waals surface area contributed by atoms with Crippen LogP contribution in [0.15, 0.2) is 29.8 Å². The molecule has 2 aliphatic rings. The number of hydrogen-bond donors (Lipinski definition) is 2. The molecule has 2 aromatic rings. The van der Waals surface area contributed by atoms with Gasteiger partial charge in [-0.25, -0.2) is 4.79 Å². The number of fused-ring (bicyclic) bond motifs is 1. The van der Waals surface area contributed by atoms with Crippen LogP contribution < -0.4 is 0 Å². The van der Waals surface area contributed by atoms with Crippen molar-refractivity contribution in [1.29, 1.82) is 5.26 Å². The summed E-state index contributed by atoms with van der Waals surface area (Å²) in [6.07, 6.45) is 2.38. The van der Waals surface area contributed by atoms with Gasteiger partial charge in [-0.2, -0.15) is 10.4 Å². The first-order valence-electron chi connectivity index (χ1n) is 9.45. The summed E-state index contributed by atoms with van der Waals surface area (Å²) >= 11 is 0. The van der Waals surface area contributed by atoms with Crippen molar-refractivity contribution in [2.75, 3.05) is 26.2 Å². The van der Waals surface area contributed by atoms with Crippen molar-refractivity contribution in [3.05, 3.63) is 35.5 Å². The molecule has 1 aromatic heterocycles. The van der Waals surface area contributed by atoms with Gasteiger partial charge in [0.2, 0.25) is 0 Å². The Bertz CT molecular complexity index is 908. The van der Waals surface area contributed by atoms with Crippen molar-refractivity contribution >= 4 is 22.5 Å². The van der Waals surface area contributed by atoms with Crippen LogP contribution in [0, 0.1) is 11.3 Å². The molecule has 2 amide bonds. The van der Waals surface area contributed by atoms with Gasteiger partial charge in [0.05, 0.1) is 17.2 Å². The Morgan fingerprint density at radius 1 is 1.15 bits per heavy atom. The molecule has 2 N–H and O–H groups in total. The lowest BCUT2D eigenvalue weighted by atomic mass is 9.95. The summed E-state index contributed by atoms with van der Waals surface area (Å²) in [7, 11) is 0. The molecule has 0 radical (unpaired) electrons. The van der Waals surface area contributed by atoms with E-state index in [9.17, 15) is 15.2 Å². The number of H-pyrrole nitrogens is 1. The standard InChI is InChI=1S/C20H23N5O2/c21-13-17(19-16-3-1-2-4-18(16)22-23-19)14-5-9-24(10-6-14)20(27)25-11-7-15(26)8-12-25/h1-4,15,26H,5-12H2,(H,22,23). The molecular formula is C20H23N5O2. The van der Waals surface area contributed by atoms with Gasteiger partial charge in [-0.1, -0.05) is 18.2 Å². The quantitative estimate of drug-likeness (QED) is 0.759. The van der Waals surface area contributed by atoms with Crippen LogP contribution in [0.5, 0.6) is 0 Å². The monoisotopic (exact) mass is 365 g/mol. The fraction of sp³-hybridized carbons (Fsp3) is 0.450. The zero-order valence-electron chi connectivity index (χ0n) is 15.2. The molecule has 2 fully saturated rings. The van der Waals surface area contributed by atoms with Crippen LogP contribution in [-0.2, 0) is 0 Å². The third-order valence-corrected chi connectivity index (χ3v) is 5.55. The van der Waals surface area contributed by atoms with Crippen LogP contribution in [0.3, 0.4) is 0 Å². The largest absolute Gasteiger partial charge is 0.393 e. The molecule has 0 atom stereocenters. The predicted molar refractivity (Wildman–Crippen MR) is 102 cm³/mol. The number of allylic oxidation sites excluding steroid dienone is 1. The first-order valence-corrected chi connectivity index (χ1v) is 9.45. The number of aromatic nitrogens is 2. The number of rotatable bonds is 1. The lowest BCUT2D eigenvalue weighted by molar-refractivity contribution is 0.0803. The van der Waals surface area contributed by atoms with Gasteiger partial charge in [0, 0.05) is 31.6 Å². The summed E-state index contributed by atoms with van der Waals surface area (Å²) in [6.45, 7) is 2.45. The Morgan fingerprint density at radius 3 is 2.52 bits per heavy atom. The molecule has 27 heavy (non-hydrogen) atoms.